The van der Waals surface area contributed by atoms with Gasteiger partial charge in [-0.3, -0.25) is 4.79 Å². The SMILES string of the molecule is Cc1ccc(CC(=O)Nc2ccc(-c3cnc(C4CC4)o3)cc2)cc1. The average molecular weight is 332 g/mol. The van der Waals surface area contributed by atoms with Crippen molar-refractivity contribution in [1.29, 1.82) is 0 Å². The summed E-state index contributed by atoms with van der Waals surface area (Å²) in [5, 5.41) is 2.93. The second-order valence-corrected chi connectivity index (χ2v) is 6.62. The van der Waals surface area contributed by atoms with Gasteiger partial charge in [0.25, 0.3) is 0 Å². The zero-order valence-corrected chi connectivity index (χ0v) is 14.2. The van der Waals surface area contributed by atoms with Crippen LogP contribution >= 0.6 is 0 Å². The Kier molecular flexibility index (Phi) is 4.10. The first-order chi connectivity index (χ1) is 12.2. The molecule has 2 aromatic carbocycles. The number of hydrogen-bond donors (Lipinski definition) is 1. The summed E-state index contributed by atoms with van der Waals surface area (Å²) in [6, 6.07) is 15.7. The summed E-state index contributed by atoms with van der Waals surface area (Å²) in [5.41, 5.74) is 3.95. The highest BCUT2D eigenvalue weighted by molar-refractivity contribution is 5.92. The van der Waals surface area contributed by atoms with Crippen LogP contribution in [0.5, 0.6) is 0 Å². The molecule has 0 saturated heterocycles. The lowest BCUT2D eigenvalue weighted by Crippen LogP contribution is -2.14. The number of aryl methyl sites for hydroxylation is 1. The van der Waals surface area contributed by atoms with Gasteiger partial charge in [0.2, 0.25) is 5.91 Å². The van der Waals surface area contributed by atoms with Gasteiger partial charge in [-0.15, -0.1) is 0 Å². The topological polar surface area (TPSA) is 55.1 Å². The van der Waals surface area contributed by atoms with Gasteiger partial charge >= 0.3 is 0 Å². The van der Waals surface area contributed by atoms with Gasteiger partial charge in [0.1, 0.15) is 0 Å². The van der Waals surface area contributed by atoms with Gasteiger partial charge in [-0.2, -0.15) is 0 Å². The van der Waals surface area contributed by atoms with Crippen LogP contribution in [-0.2, 0) is 11.2 Å². The Hall–Kier alpha value is -2.88. The quantitative estimate of drug-likeness (QED) is 0.736. The van der Waals surface area contributed by atoms with Crippen molar-refractivity contribution in [2.75, 3.05) is 5.32 Å². The largest absolute Gasteiger partial charge is 0.440 e. The highest BCUT2D eigenvalue weighted by Crippen LogP contribution is 2.40. The molecule has 4 rings (SSSR count). The fraction of sp³-hybridized carbons (Fsp3) is 0.238. The number of hydrogen-bond acceptors (Lipinski definition) is 3. The molecule has 1 heterocycles. The molecule has 126 valence electrons. The van der Waals surface area contributed by atoms with Crippen molar-refractivity contribution in [1.82, 2.24) is 4.98 Å². The van der Waals surface area contributed by atoms with E-state index < -0.39 is 0 Å². The fourth-order valence-electron chi connectivity index (χ4n) is 2.75. The summed E-state index contributed by atoms with van der Waals surface area (Å²) in [7, 11) is 0. The zero-order chi connectivity index (χ0) is 17.2. The number of carbonyl (C=O) groups excluding carboxylic acids is 1. The van der Waals surface area contributed by atoms with E-state index in [1.165, 1.54) is 18.4 Å². The molecule has 1 aromatic heterocycles. The van der Waals surface area contributed by atoms with Crippen LogP contribution in [0.4, 0.5) is 5.69 Å². The predicted octanol–water partition coefficient (Wildman–Crippen LogP) is 4.71. The van der Waals surface area contributed by atoms with Crippen molar-refractivity contribution in [2.24, 2.45) is 0 Å². The lowest BCUT2D eigenvalue weighted by molar-refractivity contribution is -0.115. The van der Waals surface area contributed by atoms with Crippen molar-refractivity contribution in [2.45, 2.75) is 32.1 Å². The standard InChI is InChI=1S/C21H20N2O2/c1-14-2-4-15(5-3-14)12-20(24)23-18-10-8-16(9-11-18)19-13-22-21(25-19)17-6-7-17/h2-5,8-11,13,17H,6-7,12H2,1H3,(H,23,24). The molecule has 4 nitrogen and oxygen atoms in total. The molecule has 25 heavy (non-hydrogen) atoms. The summed E-state index contributed by atoms with van der Waals surface area (Å²) in [6.07, 6.45) is 4.49. The molecule has 0 radical (unpaired) electrons. The molecule has 1 N–H and O–H groups in total. The maximum atomic E-state index is 12.2. The van der Waals surface area contributed by atoms with Gasteiger partial charge in [0, 0.05) is 17.2 Å². The van der Waals surface area contributed by atoms with Crippen LogP contribution in [0.1, 0.15) is 35.8 Å². The van der Waals surface area contributed by atoms with Crippen LogP contribution in [0.25, 0.3) is 11.3 Å². The molecular formula is C21H20N2O2. The number of nitrogens with zero attached hydrogens (tertiary/aromatic N) is 1. The molecule has 1 aliphatic carbocycles. The maximum Gasteiger partial charge on any atom is 0.228 e. The Morgan fingerprint density at radius 2 is 1.84 bits per heavy atom. The van der Waals surface area contributed by atoms with Crippen LogP contribution < -0.4 is 5.32 Å². The molecule has 0 aliphatic heterocycles. The van der Waals surface area contributed by atoms with Crippen molar-refractivity contribution >= 4 is 11.6 Å². The van der Waals surface area contributed by atoms with E-state index in [1.54, 1.807) is 6.20 Å². The normalized spacial score (nSPS) is 13.6. The summed E-state index contributed by atoms with van der Waals surface area (Å²) in [6.45, 7) is 2.04. The van der Waals surface area contributed by atoms with Gasteiger partial charge in [-0.1, -0.05) is 29.8 Å². The summed E-state index contributed by atoms with van der Waals surface area (Å²) in [5.74, 6) is 2.10. The molecule has 1 aliphatic rings. The first kappa shape index (κ1) is 15.6. The minimum absolute atomic E-state index is 0.0210. The van der Waals surface area contributed by atoms with E-state index >= 15 is 0 Å². The fourth-order valence-corrected chi connectivity index (χ4v) is 2.75. The van der Waals surface area contributed by atoms with Crippen LogP contribution in [-0.4, -0.2) is 10.9 Å². The number of oxazole rings is 1. The number of nitrogens with one attached hydrogen (secondary N) is 1. The number of anilines is 1. The van der Waals surface area contributed by atoms with Crippen LogP contribution in [0.3, 0.4) is 0 Å². The predicted molar refractivity (Wildman–Crippen MR) is 97.4 cm³/mol. The average Bonchev–Trinajstić information content (AvgIpc) is 3.35. The van der Waals surface area contributed by atoms with Crippen molar-refractivity contribution < 1.29 is 9.21 Å². The smallest absolute Gasteiger partial charge is 0.228 e. The first-order valence-corrected chi connectivity index (χ1v) is 8.59. The lowest BCUT2D eigenvalue weighted by Gasteiger charge is -2.06. The molecule has 0 spiro atoms. The zero-order valence-electron chi connectivity index (χ0n) is 14.2. The Morgan fingerprint density at radius 1 is 1.12 bits per heavy atom. The van der Waals surface area contributed by atoms with Gasteiger partial charge < -0.3 is 9.73 Å². The molecule has 0 bridgehead atoms. The van der Waals surface area contributed by atoms with Gasteiger partial charge in [-0.25, -0.2) is 4.98 Å². The van der Waals surface area contributed by atoms with E-state index in [1.807, 2.05) is 55.5 Å². The van der Waals surface area contributed by atoms with Gasteiger partial charge in [0.15, 0.2) is 11.7 Å². The number of benzene rings is 2. The number of aromatic nitrogens is 1. The second-order valence-electron chi connectivity index (χ2n) is 6.62. The number of carbonyl (C=O) groups is 1. The highest BCUT2D eigenvalue weighted by atomic mass is 16.4. The Bertz CT molecular complexity index is 875. The Labute approximate surface area is 146 Å². The molecule has 1 amide bonds. The van der Waals surface area contributed by atoms with Crippen molar-refractivity contribution in [3.63, 3.8) is 0 Å². The first-order valence-electron chi connectivity index (χ1n) is 8.59. The Morgan fingerprint density at radius 3 is 2.52 bits per heavy atom. The molecular weight excluding hydrogens is 312 g/mol. The summed E-state index contributed by atoms with van der Waals surface area (Å²) in [4.78, 5) is 16.5. The monoisotopic (exact) mass is 332 g/mol. The number of rotatable bonds is 5. The molecule has 3 aromatic rings. The molecule has 4 heteroatoms. The van der Waals surface area contributed by atoms with Crippen molar-refractivity contribution in [3.05, 3.63) is 71.7 Å². The van der Waals surface area contributed by atoms with Crippen LogP contribution in [0.15, 0.2) is 59.1 Å². The van der Waals surface area contributed by atoms with Crippen molar-refractivity contribution in [3.8, 4) is 11.3 Å². The van der Waals surface area contributed by atoms with Gasteiger partial charge in [-0.05, 0) is 49.6 Å². The van der Waals surface area contributed by atoms with Crippen LogP contribution in [0, 0.1) is 6.92 Å². The maximum absolute atomic E-state index is 12.2. The van der Waals surface area contributed by atoms with E-state index in [0.29, 0.717) is 12.3 Å². The van der Waals surface area contributed by atoms with Gasteiger partial charge in [0.05, 0.1) is 12.6 Å². The molecule has 1 saturated carbocycles. The van der Waals surface area contributed by atoms with E-state index in [9.17, 15) is 4.79 Å². The summed E-state index contributed by atoms with van der Waals surface area (Å²) < 4.78 is 5.80. The molecule has 0 atom stereocenters. The van der Waals surface area contributed by atoms with E-state index in [-0.39, 0.29) is 5.91 Å². The third-order valence-corrected chi connectivity index (χ3v) is 4.39. The third-order valence-electron chi connectivity index (χ3n) is 4.39. The molecule has 0 unspecified atom stereocenters. The van der Waals surface area contributed by atoms with E-state index in [4.69, 9.17) is 4.42 Å². The third kappa shape index (κ3) is 3.79. The molecule has 1 fully saturated rings. The minimum Gasteiger partial charge on any atom is -0.440 e. The Balaban J connectivity index is 1.39. The van der Waals surface area contributed by atoms with E-state index in [0.717, 1.165) is 28.5 Å². The highest BCUT2D eigenvalue weighted by Gasteiger charge is 2.28. The second kappa shape index (κ2) is 6.55. The number of amides is 1. The lowest BCUT2D eigenvalue weighted by atomic mass is 10.1. The summed E-state index contributed by atoms with van der Waals surface area (Å²) >= 11 is 0. The minimum atomic E-state index is -0.0210. The van der Waals surface area contributed by atoms with E-state index in [2.05, 4.69) is 10.3 Å². The van der Waals surface area contributed by atoms with Crippen LogP contribution in [0.2, 0.25) is 0 Å².